The van der Waals surface area contributed by atoms with Crippen LogP contribution < -0.4 is 10.9 Å². The SMILES string of the molecule is Cc1ccc(C(=O)Nc2ccc(S(=O)(=O)N3C[C@@H]4C[C@H](C3)c3cccc(=O)n3C4)cc2)cc1. The number of nitrogens with zero attached hydrogens (tertiary/aromatic N) is 2. The predicted molar refractivity (Wildman–Crippen MR) is 126 cm³/mol. The lowest BCUT2D eigenvalue weighted by atomic mass is 9.84. The Morgan fingerprint density at radius 1 is 0.939 bits per heavy atom. The normalized spacial score (nSPS) is 20.2. The van der Waals surface area contributed by atoms with Crippen LogP contribution in [-0.4, -0.2) is 36.3 Å². The molecule has 0 unspecified atom stereocenters. The number of carbonyl (C=O) groups excluding carboxylic acids is 1. The fourth-order valence-electron chi connectivity index (χ4n) is 4.82. The number of aromatic nitrogens is 1. The number of carbonyl (C=O) groups is 1. The van der Waals surface area contributed by atoms with Crippen LogP contribution in [0.3, 0.4) is 0 Å². The molecular formula is C25H25N3O4S. The molecule has 7 nitrogen and oxygen atoms in total. The molecule has 3 aromatic rings. The number of pyridine rings is 1. The third-order valence-corrected chi connectivity index (χ3v) is 8.36. The van der Waals surface area contributed by atoms with Gasteiger partial charge in [-0.1, -0.05) is 23.8 Å². The standard InChI is InChI=1S/C25H25N3O4S/c1-17-5-7-19(8-6-17)25(30)26-21-9-11-22(12-10-21)33(31,32)27-14-18-13-20(16-27)23-3-2-4-24(29)28(23)15-18/h2-12,18,20H,13-16H2,1H3,(H,26,30)/t18-,20+/m0/s1. The van der Waals surface area contributed by atoms with Crippen molar-refractivity contribution < 1.29 is 13.2 Å². The third-order valence-electron chi connectivity index (χ3n) is 6.51. The van der Waals surface area contributed by atoms with Crippen molar-refractivity contribution in [3.05, 3.63) is 93.9 Å². The van der Waals surface area contributed by atoms with Crippen molar-refractivity contribution >= 4 is 21.6 Å². The van der Waals surface area contributed by atoms with Gasteiger partial charge in [-0.2, -0.15) is 4.31 Å². The number of hydrogen-bond donors (Lipinski definition) is 1. The van der Waals surface area contributed by atoms with E-state index in [0.29, 0.717) is 30.9 Å². The van der Waals surface area contributed by atoms with Crippen LogP contribution in [0.25, 0.3) is 0 Å². The van der Waals surface area contributed by atoms with Gasteiger partial charge in [-0.25, -0.2) is 8.42 Å². The first kappa shape index (κ1) is 21.6. The summed E-state index contributed by atoms with van der Waals surface area (Å²) >= 11 is 0. The van der Waals surface area contributed by atoms with Crippen LogP contribution in [-0.2, 0) is 16.6 Å². The fraction of sp³-hybridized carbons (Fsp3) is 0.280. The Bertz CT molecular complexity index is 1360. The van der Waals surface area contributed by atoms with Crippen molar-refractivity contribution in [3.8, 4) is 0 Å². The van der Waals surface area contributed by atoms with E-state index in [4.69, 9.17) is 0 Å². The van der Waals surface area contributed by atoms with Crippen molar-refractivity contribution in [3.63, 3.8) is 0 Å². The maximum absolute atomic E-state index is 13.4. The van der Waals surface area contributed by atoms with Crippen LogP contribution in [0.5, 0.6) is 0 Å². The largest absolute Gasteiger partial charge is 0.322 e. The molecule has 5 rings (SSSR count). The highest BCUT2D eigenvalue weighted by Gasteiger charge is 2.39. The van der Waals surface area contributed by atoms with Gasteiger partial charge in [0.05, 0.1) is 4.90 Å². The molecule has 2 aliphatic heterocycles. The summed E-state index contributed by atoms with van der Waals surface area (Å²) in [5, 5.41) is 2.80. The number of aryl methyl sites for hydroxylation is 1. The highest BCUT2D eigenvalue weighted by atomic mass is 32.2. The summed E-state index contributed by atoms with van der Waals surface area (Å²) in [5.41, 5.74) is 3.02. The summed E-state index contributed by atoms with van der Waals surface area (Å²) < 4.78 is 30.0. The maximum Gasteiger partial charge on any atom is 0.255 e. The highest BCUT2D eigenvalue weighted by molar-refractivity contribution is 7.89. The summed E-state index contributed by atoms with van der Waals surface area (Å²) in [7, 11) is -3.69. The maximum atomic E-state index is 13.4. The van der Waals surface area contributed by atoms with E-state index in [9.17, 15) is 18.0 Å². The van der Waals surface area contributed by atoms with Crippen molar-refractivity contribution in [1.29, 1.82) is 0 Å². The summed E-state index contributed by atoms with van der Waals surface area (Å²) in [6.45, 7) is 3.25. The van der Waals surface area contributed by atoms with Gasteiger partial charge in [0.1, 0.15) is 0 Å². The number of benzene rings is 2. The molecule has 170 valence electrons. The van der Waals surface area contributed by atoms with Crippen molar-refractivity contribution in [2.45, 2.75) is 30.7 Å². The van der Waals surface area contributed by atoms with Crippen LogP contribution in [0.2, 0.25) is 0 Å². The van der Waals surface area contributed by atoms with Gasteiger partial charge in [0, 0.05) is 48.6 Å². The molecular weight excluding hydrogens is 438 g/mol. The van der Waals surface area contributed by atoms with E-state index in [1.807, 2.05) is 25.1 Å². The van der Waals surface area contributed by atoms with E-state index in [2.05, 4.69) is 5.32 Å². The Balaban J connectivity index is 1.33. The zero-order valence-corrected chi connectivity index (χ0v) is 19.1. The minimum atomic E-state index is -3.69. The first-order chi connectivity index (χ1) is 15.8. The van der Waals surface area contributed by atoms with E-state index in [-0.39, 0.29) is 28.2 Å². The highest BCUT2D eigenvalue weighted by Crippen LogP contribution is 2.37. The second-order valence-electron chi connectivity index (χ2n) is 8.86. The minimum absolute atomic E-state index is 0.00856. The summed E-state index contributed by atoms with van der Waals surface area (Å²) in [5.74, 6) is -0.128. The van der Waals surface area contributed by atoms with Crippen LogP contribution in [0.1, 0.15) is 34.0 Å². The Hall–Kier alpha value is -3.23. The molecule has 2 aromatic carbocycles. The van der Waals surface area contributed by atoms with Gasteiger partial charge < -0.3 is 9.88 Å². The number of piperidine rings is 1. The number of sulfonamides is 1. The van der Waals surface area contributed by atoms with E-state index < -0.39 is 10.0 Å². The quantitative estimate of drug-likeness (QED) is 0.644. The Morgan fingerprint density at radius 2 is 1.67 bits per heavy atom. The second kappa shape index (κ2) is 8.28. The Labute approximate surface area is 192 Å². The van der Waals surface area contributed by atoms with Gasteiger partial charge >= 0.3 is 0 Å². The van der Waals surface area contributed by atoms with Crippen molar-refractivity contribution in [2.75, 3.05) is 18.4 Å². The van der Waals surface area contributed by atoms with Gasteiger partial charge in [0.25, 0.3) is 11.5 Å². The summed E-state index contributed by atoms with van der Waals surface area (Å²) in [6, 6.07) is 18.7. The number of rotatable bonds is 4. The molecule has 0 spiro atoms. The molecule has 0 radical (unpaired) electrons. The monoisotopic (exact) mass is 463 g/mol. The Morgan fingerprint density at radius 3 is 2.39 bits per heavy atom. The summed E-state index contributed by atoms with van der Waals surface area (Å²) in [6.07, 6.45) is 0.888. The molecule has 0 saturated carbocycles. The van der Waals surface area contributed by atoms with E-state index in [0.717, 1.165) is 17.7 Å². The molecule has 3 heterocycles. The first-order valence-corrected chi connectivity index (χ1v) is 12.4. The van der Waals surface area contributed by atoms with Crippen LogP contribution in [0.4, 0.5) is 5.69 Å². The van der Waals surface area contributed by atoms with Gasteiger partial charge in [-0.05, 0) is 61.7 Å². The topological polar surface area (TPSA) is 88.5 Å². The van der Waals surface area contributed by atoms with Crippen LogP contribution >= 0.6 is 0 Å². The van der Waals surface area contributed by atoms with Gasteiger partial charge in [0.2, 0.25) is 10.0 Å². The molecule has 1 fully saturated rings. The van der Waals surface area contributed by atoms with E-state index in [1.165, 1.54) is 16.4 Å². The number of nitrogens with one attached hydrogen (secondary N) is 1. The zero-order chi connectivity index (χ0) is 23.2. The second-order valence-corrected chi connectivity index (χ2v) is 10.8. The molecule has 2 bridgehead atoms. The van der Waals surface area contributed by atoms with Crippen LogP contribution in [0, 0.1) is 12.8 Å². The lowest BCUT2D eigenvalue weighted by Gasteiger charge is -2.42. The molecule has 1 amide bonds. The van der Waals surface area contributed by atoms with Crippen molar-refractivity contribution in [2.24, 2.45) is 5.92 Å². The smallest absolute Gasteiger partial charge is 0.255 e. The Kier molecular flexibility index (Phi) is 5.42. The van der Waals surface area contributed by atoms with Gasteiger partial charge in [-0.3, -0.25) is 9.59 Å². The number of amides is 1. The zero-order valence-electron chi connectivity index (χ0n) is 18.3. The molecule has 1 aromatic heterocycles. The average Bonchev–Trinajstić information content (AvgIpc) is 2.80. The predicted octanol–water partition coefficient (Wildman–Crippen LogP) is 3.22. The van der Waals surface area contributed by atoms with E-state index in [1.54, 1.807) is 41.0 Å². The lowest BCUT2D eigenvalue weighted by Crippen LogP contribution is -2.48. The van der Waals surface area contributed by atoms with E-state index >= 15 is 0 Å². The first-order valence-electron chi connectivity index (χ1n) is 11.0. The average molecular weight is 464 g/mol. The molecule has 8 heteroatoms. The minimum Gasteiger partial charge on any atom is -0.322 e. The lowest BCUT2D eigenvalue weighted by molar-refractivity contribution is 0.102. The molecule has 2 atom stereocenters. The number of anilines is 1. The number of hydrogen-bond acceptors (Lipinski definition) is 4. The molecule has 0 aliphatic carbocycles. The number of fused-ring (bicyclic) bond motifs is 4. The third kappa shape index (κ3) is 4.12. The fourth-order valence-corrected chi connectivity index (χ4v) is 6.38. The molecule has 1 saturated heterocycles. The van der Waals surface area contributed by atoms with Gasteiger partial charge in [0.15, 0.2) is 0 Å². The summed E-state index contributed by atoms with van der Waals surface area (Å²) in [4.78, 5) is 24.8. The molecule has 2 aliphatic rings. The van der Waals surface area contributed by atoms with Crippen LogP contribution in [0.15, 0.2) is 76.4 Å². The van der Waals surface area contributed by atoms with Gasteiger partial charge in [-0.15, -0.1) is 0 Å². The molecule has 1 N–H and O–H groups in total. The van der Waals surface area contributed by atoms with Crippen molar-refractivity contribution in [1.82, 2.24) is 8.87 Å². The molecule has 33 heavy (non-hydrogen) atoms.